The molecule has 5 nitrogen and oxygen atoms in total. The smallest absolute Gasteiger partial charge is 0.244 e. The van der Waals surface area contributed by atoms with E-state index in [1.165, 1.54) is 23.6 Å². The summed E-state index contributed by atoms with van der Waals surface area (Å²) >= 11 is 0. The van der Waals surface area contributed by atoms with Crippen LogP contribution in [-0.4, -0.2) is 32.7 Å². The summed E-state index contributed by atoms with van der Waals surface area (Å²) in [5.41, 5.74) is 0.537. The third-order valence-corrected chi connectivity index (χ3v) is 6.59. The fourth-order valence-corrected chi connectivity index (χ4v) is 5.55. The Kier molecular flexibility index (Phi) is 4.85. The molecule has 1 amide bonds. The number of fused-ring (bicyclic) bond motifs is 2. The van der Waals surface area contributed by atoms with E-state index in [2.05, 4.69) is 5.32 Å². The molecule has 132 valence electrons. The second kappa shape index (κ2) is 6.75. The standard InChI is InChI=1S/C18H26N2O3S/c1-3-17(18(21)19-16-12-13-9-10-14(16)11-13)20(24(2,22)23)15-7-5-4-6-8-15/h4-8,13-14,16-17H,3,9-12H2,1-2H3,(H,19,21)/t13-,14-,16+,17-/m0/s1. The van der Waals surface area contributed by atoms with E-state index in [0.717, 1.165) is 18.6 Å². The molecule has 2 bridgehead atoms. The zero-order chi connectivity index (χ0) is 17.3. The van der Waals surface area contributed by atoms with Gasteiger partial charge in [-0.15, -0.1) is 0 Å². The number of rotatable bonds is 6. The molecule has 0 aliphatic heterocycles. The summed E-state index contributed by atoms with van der Waals surface area (Å²) in [4.78, 5) is 12.9. The van der Waals surface area contributed by atoms with Gasteiger partial charge in [-0.1, -0.05) is 31.5 Å². The molecule has 3 rings (SSSR count). The van der Waals surface area contributed by atoms with Crippen LogP contribution in [0.25, 0.3) is 0 Å². The van der Waals surface area contributed by atoms with Gasteiger partial charge in [-0.25, -0.2) is 8.42 Å². The first kappa shape index (κ1) is 17.3. The number of hydrogen-bond acceptors (Lipinski definition) is 3. The number of anilines is 1. The van der Waals surface area contributed by atoms with E-state index in [4.69, 9.17) is 0 Å². The van der Waals surface area contributed by atoms with Gasteiger partial charge in [-0.2, -0.15) is 0 Å². The third kappa shape index (κ3) is 3.43. The van der Waals surface area contributed by atoms with Crippen molar-refractivity contribution in [1.29, 1.82) is 0 Å². The van der Waals surface area contributed by atoms with Crippen molar-refractivity contribution in [3.8, 4) is 0 Å². The van der Waals surface area contributed by atoms with Crippen LogP contribution >= 0.6 is 0 Å². The minimum Gasteiger partial charge on any atom is -0.351 e. The number of nitrogens with zero attached hydrogens (tertiary/aromatic N) is 1. The molecule has 0 unspecified atom stereocenters. The van der Waals surface area contributed by atoms with Crippen LogP contribution in [0.1, 0.15) is 39.0 Å². The van der Waals surface area contributed by atoms with Gasteiger partial charge in [0.2, 0.25) is 15.9 Å². The van der Waals surface area contributed by atoms with Crippen LogP contribution in [-0.2, 0) is 14.8 Å². The van der Waals surface area contributed by atoms with Crippen molar-refractivity contribution >= 4 is 21.6 Å². The molecule has 0 heterocycles. The molecule has 0 aromatic heterocycles. The second-order valence-corrected chi connectivity index (χ2v) is 8.97. The van der Waals surface area contributed by atoms with Gasteiger partial charge in [-0.05, 0) is 49.7 Å². The van der Waals surface area contributed by atoms with E-state index < -0.39 is 16.1 Å². The Morgan fingerprint density at radius 3 is 2.46 bits per heavy atom. The normalized spacial score (nSPS) is 27.0. The van der Waals surface area contributed by atoms with Crippen LogP contribution in [0.3, 0.4) is 0 Å². The maximum atomic E-state index is 12.9. The van der Waals surface area contributed by atoms with Crippen LogP contribution in [0.15, 0.2) is 30.3 Å². The van der Waals surface area contributed by atoms with Crippen molar-refractivity contribution in [2.75, 3.05) is 10.6 Å². The Labute approximate surface area is 144 Å². The summed E-state index contributed by atoms with van der Waals surface area (Å²) in [7, 11) is -3.55. The Balaban J connectivity index is 1.80. The average Bonchev–Trinajstić information content (AvgIpc) is 3.14. The first-order valence-electron chi connectivity index (χ1n) is 8.75. The highest BCUT2D eigenvalue weighted by atomic mass is 32.2. The maximum Gasteiger partial charge on any atom is 0.244 e. The lowest BCUT2D eigenvalue weighted by Crippen LogP contribution is -2.52. The molecule has 6 heteroatoms. The number of hydrogen-bond donors (Lipinski definition) is 1. The molecular weight excluding hydrogens is 324 g/mol. The van der Waals surface area contributed by atoms with Gasteiger partial charge >= 0.3 is 0 Å². The highest BCUT2D eigenvalue weighted by Crippen LogP contribution is 2.44. The van der Waals surface area contributed by atoms with Crippen molar-refractivity contribution in [2.24, 2.45) is 11.8 Å². The lowest BCUT2D eigenvalue weighted by atomic mass is 9.95. The number of nitrogens with one attached hydrogen (secondary N) is 1. The van der Waals surface area contributed by atoms with E-state index in [1.54, 1.807) is 24.3 Å². The molecule has 4 atom stereocenters. The molecule has 0 saturated heterocycles. The lowest BCUT2D eigenvalue weighted by molar-refractivity contribution is -0.123. The van der Waals surface area contributed by atoms with Gasteiger partial charge < -0.3 is 5.32 Å². The van der Waals surface area contributed by atoms with E-state index in [0.29, 0.717) is 18.0 Å². The largest absolute Gasteiger partial charge is 0.351 e. The number of carbonyl (C=O) groups excluding carboxylic acids is 1. The predicted molar refractivity (Wildman–Crippen MR) is 95.2 cm³/mol. The molecule has 2 aliphatic rings. The van der Waals surface area contributed by atoms with Crippen LogP contribution in [0, 0.1) is 11.8 Å². The quantitative estimate of drug-likeness (QED) is 0.857. The van der Waals surface area contributed by atoms with Gasteiger partial charge in [0.1, 0.15) is 6.04 Å². The number of amides is 1. The van der Waals surface area contributed by atoms with Crippen molar-refractivity contribution in [1.82, 2.24) is 5.32 Å². The van der Waals surface area contributed by atoms with Crippen LogP contribution in [0.4, 0.5) is 5.69 Å². The Morgan fingerprint density at radius 2 is 1.96 bits per heavy atom. The van der Waals surface area contributed by atoms with E-state index in [-0.39, 0.29) is 11.9 Å². The van der Waals surface area contributed by atoms with Gasteiger partial charge in [0.05, 0.1) is 11.9 Å². The molecule has 2 fully saturated rings. The van der Waals surface area contributed by atoms with Crippen LogP contribution in [0.2, 0.25) is 0 Å². The second-order valence-electron chi connectivity index (χ2n) is 7.11. The van der Waals surface area contributed by atoms with E-state index in [1.807, 2.05) is 13.0 Å². The van der Waals surface area contributed by atoms with Crippen LogP contribution in [0.5, 0.6) is 0 Å². The van der Waals surface area contributed by atoms with Crippen molar-refractivity contribution < 1.29 is 13.2 Å². The Bertz CT molecular complexity index is 689. The first-order chi connectivity index (χ1) is 11.4. The van der Waals surface area contributed by atoms with Gasteiger partial charge in [0.15, 0.2) is 0 Å². The number of para-hydroxylation sites is 1. The number of benzene rings is 1. The summed E-state index contributed by atoms with van der Waals surface area (Å²) in [6, 6.07) is 8.37. The van der Waals surface area contributed by atoms with Gasteiger partial charge in [-0.3, -0.25) is 9.10 Å². The van der Waals surface area contributed by atoms with E-state index in [9.17, 15) is 13.2 Å². The summed E-state index contributed by atoms with van der Waals surface area (Å²) in [5, 5.41) is 3.14. The summed E-state index contributed by atoms with van der Waals surface area (Å²) in [6.07, 6.45) is 6.30. The highest BCUT2D eigenvalue weighted by molar-refractivity contribution is 7.92. The molecule has 1 aromatic carbocycles. The Hall–Kier alpha value is -1.56. The SMILES string of the molecule is CC[C@@H](C(=O)N[C@@H]1C[C@H]2CC[C@H]1C2)N(c1ccccc1)S(C)(=O)=O. The predicted octanol–water partition coefficient (Wildman–Crippen LogP) is 2.54. The minimum atomic E-state index is -3.55. The molecule has 2 saturated carbocycles. The topological polar surface area (TPSA) is 66.5 Å². The first-order valence-corrected chi connectivity index (χ1v) is 10.6. The zero-order valence-electron chi connectivity index (χ0n) is 14.3. The van der Waals surface area contributed by atoms with Crippen LogP contribution < -0.4 is 9.62 Å². The summed E-state index contributed by atoms with van der Waals surface area (Å²) in [5.74, 6) is 1.13. The average molecular weight is 350 g/mol. The van der Waals surface area contributed by atoms with Crippen molar-refractivity contribution in [3.63, 3.8) is 0 Å². The van der Waals surface area contributed by atoms with E-state index >= 15 is 0 Å². The molecule has 24 heavy (non-hydrogen) atoms. The van der Waals surface area contributed by atoms with Crippen molar-refractivity contribution in [3.05, 3.63) is 30.3 Å². The molecule has 0 spiro atoms. The number of carbonyl (C=O) groups is 1. The number of sulfonamides is 1. The Morgan fingerprint density at radius 1 is 1.25 bits per heavy atom. The maximum absolute atomic E-state index is 12.9. The fraction of sp³-hybridized carbons (Fsp3) is 0.611. The third-order valence-electron chi connectivity index (χ3n) is 5.41. The molecular formula is C18H26N2O3S. The summed E-state index contributed by atoms with van der Waals surface area (Å²) in [6.45, 7) is 1.85. The zero-order valence-corrected chi connectivity index (χ0v) is 15.1. The highest BCUT2D eigenvalue weighted by Gasteiger charge is 2.41. The molecule has 1 N–H and O–H groups in total. The summed E-state index contributed by atoms with van der Waals surface area (Å²) < 4.78 is 26.0. The molecule has 0 radical (unpaired) electrons. The van der Waals surface area contributed by atoms with Gasteiger partial charge in [0.25, 0.3) is 0 Å². The minimum absolute atomic E-state index is 0.177. The fourth-order valence-electron chi connectivity index (χ4n) is 4.34. The van der Waals surface area contributed by atoms with Gasteiger partial charge in [0, 0.05) is 6.04 Å². The molecule has 2 aliphatic carbocycles. The van der Waals surface area contributed by atoms with Crippen molar-refractivity contribution in [2.45, 2.75) is 51.1 Å². The lowest BCUT2D eigenvalue weighted by Gasteiger charge is -2.32. The monoisotopic (exact) mass is 350 g/mol. The molecule has 1 aromatic rings.